The van der Waals surface area contributed by atoms with E-state index >= 15 is 0 Å². The third kappa shape index (κ3) is 9.02. The highest BCUT2D eigenvalue weighted by molar-refractivity contribution is 6.00. The summed E-state index contributed by atoms with van der Waals surface area (Å²) in [6, 6.07) is 8.98. The number of piperazine rings is 1. The Kier molecular flexibility index (Phi) is 10.7. The van der Waals surface area contributed by atoms with Crippen LogP contribution in [0.1, 0.15) is 18.4 Å². The van der Waals surface area contributed by atoms with Crippen molar-refractivity contribution < 1.29 is 44.0 Å². The topological polar surface area (TPSA) is 186 Å². The van der Waals surface area contributed by atoms with Gasteiger partial charge in [-0.3, -0.25) is 9.69 Å². The third-order valence-corrected chi connectivity index (χ3v) is 6.50. The Hall–Kier alpha value is -4.07. The van der Waals surface area contributed by atoms with E-state index in [4.69, 9.17) is 9.84 Å². The molecule has 2 aliphatic rings. The molecule has 0 aliphatic carbocycles. The van der Waals surface area contributed by atoms with Crippen molar-refractivity contribution in [3.63, 3.8) is 0 Å². The molecule has 13 nitrogen and oxygen atoms in total. The molecule has 39 heavy (non-hydrogen) atoms. The third-order valence-electron chi connectivity index (χ3n) is 6.50. The van der Waals surface area contributed by atoms with Gasteiger partial charge in [0.15, 0.2) is 0 Å². The zero-order valence-corrected chi connectivity index (χ0v) is 21.2. The molecule has 0 spiro atoms. The molecule has 0 aromatic heterocycles. The van der Waals surface area contributed by atoms with Crippen LogP contribution >= 0.6 is 0 Å². The molecule has 1 aromatic rings. The molecule has 0 amide bonds. The fourth-order valence-corrected chi connectivity index (χ4v) is 4.63. The molecule has 2 saturated heterocycles. The second-order valence-corrected chi connectivity index (χ2v) is 9.20. The normalized spacial score (nSPS) is 19.4. The van der Waals surface area contributed by atoms with Gasteiger partial charge in [0, 0.05) is 38.3 Å². The van der Waals surface area contributed by atoms with Crippen LogP contribution in [0.15, 0.2) is 53.8 Å². The van der Waals surface area contributed by atoms with Crippen molar-refractivity contribution in [2.45, 2.75) is 31.5 Å². The maximum Gasteiger partial charge on any atom is 0.352 e. The van der Waals surface area contributed by atoms with Crippen molar-refractivity contribution in [3.05, 3.63) is 59.3 Å². The number of carbonyl (C=O) groups is 5. The number of carboxylic acids is 3. The highest BCUT2D eigenvalue weighted by Gasteiger charge is 2.34. The fourth-order valence-electron chi connectivity index (χ4n) is 4.63. The Morgan fingerprint density at radius 1 is 0.974 bits per heavy atom. The highest BCUT2D eigenvalue weighted by atomic mass is 16.6. The number of ether oxygens (including phenoxy) is 1. The largest absolute Gasteiger partial charge is 0.478 e. The number of hydrogen-bond donors (Lipinski definition) is 5. The van der Waals surface area contributed by atoms with E-state index in [1.165, 1.54) is 5.56 Å². The lowest BCUT2D eigenvalue weighted by Crippen LogP contribution is -2.53. The molecular formula is C26H32N4O9. The first-order valence-corrected chi connectivity index (χ1v) is 12.5. The summed E-state index contributed by atoms with van der Waals surface area (Å²) in [6.07, 6.45) is 2.68. The molecule has 5 N–H and O–H groups in total. The van der Waals surface area contributed by atoms with E-state index in [-0.39, 0.29) is 32.2 Å². The number of carbonyl (C=O) groups excluding carboxylic acids is 2. The number of hydrogen-bond acceptors (Lipinski definition) is 10. The maximum absolute atomic E-state index is 12.4. The average molecular weight is 545 g/mol. The standard InChI is InChI=1S/C26H32N4O9/c31-22(32)12-19(25(35)36)21-14-27-8-11-30(21)20(26(37)38)13-23(33)39-24(34)15-28-18-6-9-29(10-7-18)16-17-4-2-1-3-5-17/h1-5,12-13,18,21,27-28H,6-11,14-16H2,(H,31,32)(H,35,36)(H,37,38)/b19-12-,20-13+. The number of piperidine rings is 1. The zero-order chi connectivity index (χ0) is 28.4. The Morgan fingerprint density at radius 2 is 1.67 bits per heavy atom. The molecule has 210 valence electrons. The lowest BCUT2D eigenvalue weighted by molar-refractivity contribution is -0.156. The van der Waals surface area contributed by atoms with Gasteiger partial charge in [-0.25, -0.2) is 19.2 Å². The quantitative estimate of drug-likeness (QED) is 0.138. The van der Waals surface area contributed by atoms with E-state index < -0.39 is 47.2 Å². The van der Waals surface area contributed by atoms with Crippen LogP contribution in [0.2, 0.25) is 0 Å². The molecule has 1 aromatic carbocycles. The van der Waals surface area contributed by atoms with Crippen molar-refractivity contribution in [2.24, 2.45) is 0 Å². The van der Waals surface area contributed by atoms with Crippen LogP contribution in [0, 0.1) is 0 Å². The minimum Gasteiger partial charge on any atom is -0.478 e. The number of nitrogens with zero attached hydrogens (tertiary/aromatic N) is 2. The number of nitrogens with one attached hydrogen (secondary N) is 2. The molecule has 1 atom stereocenters. The van der Waals surface area contributed by atoms with E-state index in [0.29, 0.717) is 12.2 Å². The molecule has 2 aliphatic heterocycles. The zero-order valence-electron chi connectivity index (χ0n) is 21.2. The smallest absolute Gasteiger partial charge is 0.352 e. The summed E-state index contributed by atoms with van der Waals surface area (Å²) < 4.78 is 4.76. The Morgan fingerprint density at radius 3 is 2.28 bits per heavy atom. The lowest BCUT2D eigenvalue weighted by atomic mass is 10.0. The van der Waals surface area contributed by atoms with Gasteiger partial charge >= 0.3 is 29.8 Å². The molecule has 13 heteroatoms. The Labute approximate surface area is 224 Å². The summed E-state index contributed by atoms with van der Waals surface area (Å²) in [5, 5.41) is 34.1. The number of esters is 2. The van der Waals surface area contributed by atoms with Crippen molar-refractivity contribution >= 4 is 29.8 Å². The predicted molar refractivity (Wildman–Crippen MR) is 136 cm³/mol. The van der Waals surface area contributed by atoms with E-state index in [1.807, 2.05) is 18.2 Å². The van der Waals surface area contributed by atoms with Gasteiger partial charge in [-0.15, -0.1) is 0 Å². The summed E-state index contributed by atoms with van der Waals surface area (Å²) in [4.78, 5) is 62.7. The van der Waals surface area contributed by atoms with Crippen molar-refractivity contribution in [2.75, 3.05) is 39.3 Å². The monoisotopic (exact) mass is 544 g/mol. The first kappa shape index (κ1) is 29.5. The molecule has 3 rings (SSSR count). The molecule has 0 saturated carbocycles. The highest BCUT2D eigenvalue weighted by Crippen LogP contribution is 2.20. The van der Waals surface area contributed by atoms with Gasteiger partial charge in [-0.1, -0.05) is 30.3 Å². The van der Waals surface area contributed by atoms with Gasteiger partial charge in [0.25, 0.3) is 0 Å². The van der Waals surface area contributed by atoms with Crippen molar-refractivity contribution in [1.82, 2.24) is 20.4 Å². The fraction of sp³-hybridized carbons (Fsp3) is 0.423. The Bertz CT molecular complexity index is 1130. The van der Waals surface area contributed by atoms with Gasteiger partial charge in [0.2, 0.25) is 0 Å². The van der Waals surface area contributed by atoms with E-state index in [1.54, 1.807) is 0 Å². The lowest BCUT2D eigenvalue weighted by Gasteiger charge is -2.38. The van der Waals surface area contributed by atoms with Crippen LogP contribution in [0.3, 0.4) is 0 Å². The maximum atomic E-state index is 12.4. The van der Waals surface area contributed by atoms with Crippen molar-refractivity contribution in [3.8, 4) is 0 Å². The SMILES string of the molecule is O=C(O)/C=C(\C(=O)O)C1CNCCN1/C(=C/C(=O)OC(=O)CNC1CCN(Cc2ccccc2)CC1)C(=O)O. The molecular weight excluding hydrogens is 512 g/mol. The van der Waals surface area contributed by atoms with E-state index in [9.17, 15) is 34.2 Å². The number of benzene rings is 1. The summed E-state index contributed by atoms with van der Waals surface area (Å²) in [6.45, 7) is 2.43. The van der Waals surface area contributed by atoms with Crippen LogP contribution in [-0.4, -0.2) is 106 Å². The van der Waals surface area contributed by atoms with E-state index in [0.717, 1.165) is 37.4 Å². The van der Waals surface area contributed by atoms with Crippen molar-refractivity contribution in [1.29, 1.82) is 0 Å². The first-order chi connectivity index (χ1) is 18.6. The van der Waals surface area contributed by atoms with Gasteiger partial charge in [-0.2, -0.15) is 0 Å². The number of aliphatic carboxylic acids is 3. The second kappa shape index (κ2) is 14.2. The van der Waals surface area contributed by atoms with Crippen LogP contribution in [0.25, 0.3) is 0 Å². The number of rotatable bonds is 11. The van der Waals surface area contributed by atoms with E-state index in [2.05, 4.69) is 27.7 Å². The summed E-state index contributed by atoms with van der Waals surface area (Å²) in [7, 11) is 0. The number of carboxylic acid groups (broad SMARTS) is 3. The molecule has 1 unspecified atom stereocenters. The average Bonchev–Trinajstić information content (AvgIpc) is 2.90. The molecule has 2 fully saturated rings. The van der Waals surface area contributed by atoms with Gasteiger partial charge in [-0.05, 0) is 31.5 Å². The summed E-state index contributed by atoms with van der Waals surface area (Å²) in [5.41, 5.74) is 0.0462. The summed E-state index contributed by atoms with van der Waals surface area (Å²) >= 11 is 0. The Balaban J connectivity index is 1.54. The molecule has 2 heterocycles. The van der Waals surface area contributed by atoms with Crippen LogP contribution in [0.4, 0.5) is 0 Å². The van der Waals surface area contributed by atoms with Crippen LogP contribution in [-0.2, 0) is 35.3 Å². The summed E-state index contributed by atoms with van der Waals surface area (Å²) in [5.74, 6) is -6.74. The predicted octanol–water partition coefficient (Wildman–Crippen LogP) is -0.352. The van der Waals surface area contributed by atoms with Crippen LogP contribution in [0.5, 0.6) is 0 Å². The minimum absolute atomic E-state index is 0.0290. The first-order valence-electron chi connectivity index (χ1n) is 12.5. The second-order valence-electron chi connectivity index (χ2n) is 9.20. The van der Waals surface area contributed by atoms with Crippen LogP contribution < -0.4 is 10.6 Å². The minimum atomic E-state index is -1.56. The molecule has 0 bridgehead atoms. The molecule has 0 radical (unpaired) electrons. The van der Waals surface area contributed by atoms with Gasteiger partial charge in [0.1, 0.15) is 5.70 Å². The number of likely N-dealkylation sites (tertiary alicyclic amines) is 1. The van der Waals surface area contributed by atoms with Gasteiger partial charge < -0.3 is 35.6 Å². The van der Waals surface area contributed by atoms with Gasteiger partial charge in [0.05, 0.1) is 24.2 Å².